The molecule has 0 N–H and O–H groups in total. The zero-order valence-electron chi connectivity index (χ0n) is 16.4. The number of halogens is 3. The van der Waals surface area contributed by atoms with E-state index in [9.17, 15) is 13.2 Å². The van der Waals surface area contributed by atoms with Crippen LogP contribution in [0.2, 0.25) is 0 Å². The second-order valence-corrected chi connectivity index (χ2v) is 7.38. The largest absolute Gasteiger partial charge is 0.416 e. The maximum Gasteiger partial charge on any atom is 0.416 e. The summed E-state index contributed by atoms with van der Waals surface area (Å²) in [6.45, 7) is 2.63. The van der Waals surface area contributed by atoms with Crippen molar-refractivity contribution in [2.75, 3.05) is 19.6 Å². The lowest BCUT2D eigenvalue weighted by Crippen LogP contribution is -2.30. The first-order chi connectivity index (χ1) is 14.5. The van der Waals surface area contributed by atoms with Crippen LogP contribution < -0.4 is 0 Å². The molecule has 0 fully saturated rings. The van der Waals surface area contributed by atoms with Crippen molar-refractivity contribution in [2.45, 2.75) is 19.0 Å². The van der Waals surface area contributed by atoms with Crippen LogP contribution in [0.15, 0.2) is 73.1 Å². The summed E-state index contributed by atoms with van der Waals surface area (Å²) in [4.78, 5) is 11.0. The highest BCUT2D eigenvalue weighted by Gasteiger charge is 2.30. The Hall–Kier alpha value is -2.99. The van der Waals surface area contributed by atoms with E-state index in [4.69, 9.17) is 0 Å². The fourth-order valence-electron chi connectivity index (χ4n) is 3.65. The van der Waals surface area contributed by atoms with E-state index < -0.39 is 11.7 Å². The lowest BCUT2D eigenvalue weighted by molar-refractivity contribution is -0.137. The molecule has 1 aromatic heterocycles. The van der Waals surface area contributed by atoms with E-state index in [1.165, 1.54) is 5.56 Å². The minimum Gasteiger partial charge on any atom is -0.299 e. The molecule has 0 atom stereocenters. The molecule has 0 saturated heterocycles. The smallest absolute Gasteiger partial charge is 0.299 e. The van der Waals surface area contributed by atoms with Crippen LogP contribution in [0, 0.1) is 0 Å². The Bertz CT molecular complexity index is 1010. The van der Waals surface area contributed by atoms with Gasteiger partial charge in [-0.1, -0.05) is 36.4 Å². The summed E-state index contributed by atoms with van der Waals surface area (Å²) < 4.78 is 38.2. The zero-order chi connectivity index (χ0) is 21.0. The van der Waals surface area contributed by atoms with Gasteiger partial charge < -0.3 is 0 Å². The Morgan fingerprint density at radius 1 is 0.900 bits per heavy atom. The fourth-order valence-corrected chi connectivity index (χ4v) is 3.65. The summed E-state index contributed by atoms with van der Waals surface area (Å²) in [5.74, 6) is 0.724. The van der Waals surface area contributed by atoms with Crippen LogP contribution in [0.5, 0.6) is 0 Å². The van der Waals surface area contributed by atoms with Crippen molar-refractivity contribution >= 4 is 5.57 Å². The molecule has 0 aliphatic carbocycles. The second-order valence-electron chi connectivity index (χ2n) is 7.38. The summed E-state index contributed by atoms with van der Waals surface area (Å²) in [5, 5.41) is 0. The molecule has 0 spiro atoms. The first-order valence-electron chi connectivity index (χ1n) is 9.94. The average Bonchev–Trinajstić information content (AvgIpc) is 2.78. The second kappa shape index (κ2) is 8.79. The maximum atomic E-state index is 12.7. The predicted molar refractivity (Wildman–Crippen MR) is 112 cm³/mol. The van der Waals surface area contributed by atoms with Gasteiger partial charge in [-0.15, -0.1) is 0 Å². The van der Waals surface area contributed by atoms with Gasteiger partial charge in [0.15, 0.2) is 5.82 Å². The summed E-state index contributed by atoms with van der Waals surface area (Å²) >= 11 is 0. The Morgan fingerprint density at radius 2 is 1.67 bits per heavy atom. The Morgan fingerprint density at radius 3 is 2.33 bits per heavy atom. The number of hydrogen-bond acceptors (Lipinski definition) is 3. The lowest BCUT2D eigenvalue weighted by atomic mass is 9.98. The van der Waals surface area contributed by atoms with E-state index in [1.54, 1.807) is 30.6 Å². The molecular weight excluding hydrogens is 387 g/mol. The first kappa shape index (κ1) is 20.3. The first-order valence-corrected chi connectivity index (χ1v) is 9.94. The van der Waals surface area contributed by atoms with Crippen molar-refractivity contribution in [1.82, 2.24) is 14.9 Å². The topological polar surface area (TPSA) is 29.0 Å². The van der Waals surface area contributed by atoms with Crippen LogP contribution in [-0.4, -0.2) is 34.5 Å². The third-order valence-electron chi connectivity index (χ3n) is 5.34. The summed E-state index contributed by atoms with van der Waals surface area (Å²) in [6.07, 6.45) is 3.07. The number of nitrogens with zero attached hydrogens (tertiary/aromatic N) is 3. The van der Waals surface area contributed by atoms with Crippen LogP contribution in [0.1, 0.15) is 23.1 Å². The van der Waals surface area contributed by atoms with Crippen molar-refractivity contribution in [3.63, 3.8) is 0 Å². The Balaban J connectivity index is 1.34. The van der Waals surface area contributed by atoms with E-state index >= 15 is 0 Å². The van der Waals surface area contributed by atoms with E-state index in [0.717, 1.165) is 67.1 Å². The van der Waals surface area contributed by atoms with Gasteiger partial charge >= 0.3 is 6.18 Å². The molecule has 0 radical (unpaired) electrons. The standard InChI is InChI=1S/C24H22F3N3/c25-24(26,27)22-7-5-19(6-8-22)20-10-15-30(16-11-20)14-9-18-3-1-4-21(17-18)23-28-12-2-13-29-23/h1-8,10,12-13,17H,9,11,14-16H2. The van der Waals surface area contributed by atoms with Crippen molar-refractivity contribution in [3.05, 3.63) is 89.8 Å². The van der Waals surface area contributed by atoms with Gasteiger partial charge in [-0.3, -0.25) is 4.90 Å². The van der Waals surface area contributed by atoms with Crippen LogP contribution in [0.4, 0.5) is 13.2 Å². The molecule has 154 valence electrons. The molecule has 4 rings (SSSR count). The van der Waals surface area contributed by atoms with Gasteiger partial charge in [0.1, 0.15) is 0 Å². The molecule has 6 heteroatoms. The summed E-state index contributed by atoms with van der Waals surface area (Å²) in [7, 11) is 0. The third kappa shape index (κ3) is 4.94. The third-order valence-corrected chi connectivity index (χ3v) is 5.34. The van der Waals surface area contributed by atoms with E-state index in [2.05, 4.69) is 33.1 Å². The van der Waals surface area contributed by atoms with Crippen LogP contribution >= 0.6 is 0 Å². The van der Waals surface area contributed by atoms with Crippen molar-refractivity contribution in [2.24, 2.45) is 0 Å². The molecule has 0 saturated carbocycles. The molecule has 3 aromatic rings. The molecule has 2 heterocycles. The highest BCUT2D eigenvalue weighted by Crippen LogP contribution is 2.31. The number of alkyl halides is 3. The fraction of sp³-hybridized carbons (Fsp3) is 0.250. The monoisotopic (exact) mass is 409 g/mol. The van der Waals surface area contributed by atoms with Gasteiger partial charge in [-0.05, 0) is 53.8 Å². The molecule has 0 amide bonds. The van der Waals surface area contributed by atoms with Crippen LogP contribution in [0.25, 0.3) is 17.0 Å². The molecule has 3 nitrogen and oxygen atoms in total. The van der Waals surface area contributed by atoms with Crippen molar-refractivity contribution in [1.29, 1.82) is 0 Å². The quantitative estimate of drug-likeness (QED) is 0.558. The molecule has 0 bridgehead atoms. The minimum atomic E-state index is -4.29. The number of aromatic nitrogens is 2. The van der Waals surface area contributed by atoms with E-state index in [1.807, 2.05) is 12.1 Å². The predicted octanol–water partition coefficient (Wildman–Crippen LogP) is 5.49. The highest BCUT2D eigenvalue weighted by atomic mass is 19.4. The normalized spacial score (nSPS) is 15.1. The van der Waals surface area contributed by atoms with Gasteiger partial charge in [-0.25, -0.2) is 9.97 Å². The molecule has 1 aliphatic rings. The van der Waals surface area contributed by atoms with Gasteiger partial charge in [0.2, 0.25) is 0 Å². The van der Waals surface area contributed by atoms with Gasteiger partial charge in [0.05, 0.1) is 5.56 Å². The van der Waals surface area contributed by atoms with Crippen LogP contribution in [0.3, 0.4) is 0 Å². The van der Waals surface area contributed by atoms with Gasteiger partial charge in [-0.2, -0.15) is 13.2 Å². The maximum absolute atomic E-state index is 12.7. The van der Waals surface area contributed by atoms with Crippen molar-refractivity contribution in [3.8, 4) is 11.4 Å². The zero-order valence-corrected chi connectivity index (χ0v) is 16.4. The average molecular weight is 409 g/mol. The van der Waals surface area contributed by atoms with Crippen LogP contribution in [-0.2, 0) is 12.6 Å². The summed E-state index contributed by atoms with van der Waals surface area (Å²) in [6, 6.07) is 15.5. The number of rotatable bonds is 5. The van der Waals surface area contributed by atoms with Crippen molar-refractivity contribution < 1.29 is 13.2 Å². The minimum absolute atomic E-state index is 0.604. The molecule has 1 aliphatic heterocycles. The highest BCUT2D eigenvalue weighted by molar-refractivity contribution is 5.66. The molecular formula is C24H22F3N3. The summed E-state index contributed by atoms with van der Waals surface area (Å²) in [5.41, 5.74) is 3.63. The number of benzene rings is 2. The number of hydrogen-bond donors (Lipinski definition) is 0. The Kier molecular flexibility index (Phi) is 5.95. The SMILES string of the molecule is FC(F)(F)c1ccc(C2=CCN(CCc3cccc(-c4ncccn4)c3)CC2)cc1. The molecule has 2 aromatic carbocycles. The molecule has 30 heavy (non-hydrogen) atoms. The van der Waals surface area contributed by atoms with E-state index in [-0.39, 0.29) is 0 Å². The van der Waals surface area contributed by atoms with E-state index in [0.29, 0.717) is 0 Å². The van der Waals surface area contributed by atoms with Gasteiger partial charge in [0, 0.05) is 37.6 Å². The Labute approximate surface area is 173 Å². The van der Waals surface area contributed by atoms with Gasteiger partial charge in [0.25, 0.3) is 0 Å². The molecule has 0 unspecified atom stereocenters. The lowest BCUT2D eigenvalue weighted by Gasteiger charge is -2.26.